The average Bonchev–Trinajstić information content (AvgIpc) is 3.41. The van der Waals surface area contributed by atoms with E-state index in [1.165, 1.54) is 55.6 Å². The summed E-state index contributed by atoms with van der Waals surface area (Å²) in [7, 11) is 0. The third-order valence-electron chi connectivity index (χ3n) is 7.82. The smallest absolute Gasteiger partial charge is 0.246 e. The normalized spacial score (nSPS) is 27.1. The molecular formula is C25H29N5O2S2. The van der Waals surface area contributed by atoms with Gasteiger partial charge in [0.05, 0.1) is 12.3 Å². The lowest BCUT2D eigenvalue weighted by molar-refractivity contribution is -0.116. The second-order valence-corrected chi connectivity index (χ2v) is 11.4. The summed E-state index contributed by atoms with van der Waals surface area (Å²) in [6.07, 6.45) is 8.04. The van der Waals surface area contributed by atoms with Crippen molar-refractivity contribution in [2.24, 2.45) is 17.8 Å². The summed E-state index contributed by atoms with van der Waals surface area (Å²) in [5, 5.41) is 13.0. The van der Waals surface area contributed by atoms with E-state index < -0.39 is 0 Å². The minimum atomic E-state index is -0.156. The largest absolute Gasteiger partial charge is 0.494 e. The molecule has 7 nitrogen and oxygen atoms in total. The summed E-state index contributed by atoms with van der Waals surface area (Å²) in [6, 6.07) is 7.62. The lowest BCUT2D eigenvalue weighted by Gasteiger charge is -2.56. The van der Waals surface area contributed by atoms with Crippen LogP contribution in [0.1, 0.15) is 51.1 Å². The molecule has 0 aliphatic heterocycles. The summed E-state index contributed by atoms with van der Waals surface area (Å²) in [5.74, 6) is 3.87. The number of hydrogen-bond donors (Lipinski definition) is 2. The molecule has 4 fully saturated rings. The Morgan fingerprint density at radius 1 is 1.21 bits per heavy atom. The molecule has 4 aliphatic carbocycles. The fourth-order valence-corrected chi connectivity index (χ4v) is 7.90. The van der Waals surface area contributed by atoms with Crippen LogP contribution in [-0.4, -0.2) is 32.3 Å². The number of hydrogen-bond acceptors (Lipinski definition) is 6. The van der Waals surface area contributed by atoms with Crippen molar-refractivity contribution in [2.75, 3.05) is 11.9 Å². The Hall–Kier alpha value is -2.52. The minimum Gasteiger partial charge on any atom is -0.494 e. The van der Waals surface area contributed by atoms with Crippen LogP contribution in [0.4, 0.5) is 5.13 Å². The fourth-order valence-electron chi connectivity index (χ4n) is 6.85. The van der Waals surface area contributed by atoms with E-state index in [1.807, 2.05) is 31.2 Å². The molecule has 178 valence electrons. The molecule has 7 rings (SSSR count). The van der Waals surface area contributed by atoms with E-state index in [1.54, 1.807) is 4.57 Å². The maximum atomic E-state index is 12.9. The molecule has 34 heavy (non-hydrogen) atoms. The Balaban J connectivity index is 1.16. The van der Waals surface area contributed by atoms with Crippen molar-refractivity contribution in [3.63, 3.8) is 0 Å². The second-order valence-electron chi connectivity index (χ2n) is 10.2. The Bertz CT molecular complexity index is 1220. The molecule has 2 N–H and O–H groups in total. The number of carbonyl (C=O) groups is 1. The topological polar surface area (TPSA) is 84.8 Å². The third-order valence-corrected chi connectivity index (χ3v) is 8.89. The van der Waals surface area contributed by atoms with Crippen molar-refractivity contribution in [1.29, 1.82) is 0 Å². The van der Waals surface area contributed by atoms with Gasteiger partial charge in [-0.2, -0.15) is 5.10 Å². The first kappa shape index (κ1) is 22.0. The van der Waals surface area contributed by atoms with E-state index in [0.717, 1.165) is 29.1 Å². The van der Waals surface area contributed by atoms with E-state index >= 15 is 0 Å². The lowest BCUT2D eigenvalue weighted by Crippen LogP contribution is -2.48. The van der Waals surface area contributed by atoms with Gasteiger partial charge >= 0.3 is 0 Å². The summed E-state index contributed by atoms with van der Waals surface area (Å²) in [5.41, 5.74) is 2.30. The molecule has 4 bridgehead atoms. The van der Waals surface area contributed by atoms with Crippen LogP contribution in [0.2, 0.25) is 0 Å². The van der Waals surface area contributed by atoms with E-state index in [4.69, 9.17) is 21.9 Å². The summed E-state index contributed by atoms with van der Waals surface area (Å²) in [4.78, 5) is 17.9. The summed E-state index contributed by atoms with van der Waals surface area (Å²) in [6.45, 7) is 2.63. The van der Waals surface area contributed by atoms with Gasteiger partial charge in [-0.1, -0.05) is 0 Å². The van der Waals surface area contributed by atoms with Gasteiger partial charge < -0.3 is 10.1 Å². The van der Waals surface area contributed by atoms with Crippen LogP contribution >= 0.6 is 23.6 Å². The molecule has 4 aliphatic rings. The molecule has 3 aromatic rings. The molecule has 2 heterocycles. The standard InChI is InChI=1S/C25H29N5O2S2/c1-2-32-19-5-3-18(4-6-19)22-28-29-24(33)30(22)13-21(31)27-23-26-20(14-34-23)25-10-15-7-16(11-25)9-17(8-15)12-25/h3-6,14-17H,2,7-13H2,1H3,(H,29,33)(H,26,27,31). The van der Waals surface area contributed by atoms with Gasteiger partial charge in [-0.25, -0.2) is 4.98 Å². The molecule has 0 radical (unpaired) electrons. The quantitative estimate of drug-likeness (QED) is 0.419. The van der Waals surface area contributed by atoms with Crippen molar-refractivity contribution in [2.45, 2.75) is 57.4 Å². The molecule has 9 heteroatoms. The van der Waals surface area contributed by atoms with Crippen molar-refractivity contribution in [1.82, 2.24) is 19.7 Å². The third kappa shape index (κ3) is 3.98. The Morgan fingerprint density at radius 2 is 1.88 bits per heavy atom. The van der Waals surface area contributed by atoms with Crippen molar-refractivity contribution in [3.05, 3.63) is 40.1 Å². The number of thiazole rings is 1. The van der Waals surface area contributed by atoms with Gasteiger partial charge in [-0.05, 0) is 99.7 Å². The number of aromatic nitrogens is 4. The van der Waals surface area contributed by atoms with Crippen LogP contribution in [0.5, 0.6) is 5.75 Å². The molecule has 1 aromatic carbocycles. The van der Waals surface area contributed by atoms with E-state index in [2.05, 4.69) is 20.9 Å². The number of anilines is 1. The molecule has 1 amide bonds. The molecule has 0 unspecified atom stereocenters. The summed E-state index contributed by atoms with van der Waals surface area (Å²) < 4.78 is 7.64. The number of ether oxygens (including phenoxy) is 1. The molecule has 0 saturated heterocycles. The van der Waals surface area contributed by atoms with Crippen molar-refractivity contribution in [3.8, 4) is 17.1 Å². The molecule has 2 aromatic heterocycles. The number of carbonyl (C=O) groups excluding carboxylic acids is 1. The number of rotatable bonds is 7. The fraction of sp³-hybridized carbons (Fsp3) is 0.520. The van der Waals surface area contributed by atoms with E-state index in [9.17, 15) is 4.79 Å². The maximum absolute atomic E-state index is 12.9. The highest BCUT2D eigenvalue weighted by Gasteiger charge is 2.52. The van der Waals surface area contributed by atoms with Crippen molar-refractivity contribution < 1.29 is 9.53 Å². The second kappa shape index (κ2) is 8.61. The molecular weight excluding hydrogens is 466 g/mol. The Morgan fingerprint density at radius 3 is 2.53 bits per heavy atom. The maximum Gasteiger partial charge on any atom is 0.246 e. The van der Waals surface area contributed by atoms with Crippen LogP contribution in [0.3, 0.4) is 0 Å². The van der Waals surface area contributed by atoms with Crippen LogP contribution in [0, 0.1) is 22.5 Å². The number of benzene rings is 1. The number of amides is 1. The Labute approximate surface area is 208 Å². The number of nitrogens with zero attached hydrogens (tertiary/aromatic N) is 3. The minimum absolute atomic E-state index is 0.0736. The van der Waals surface area contributed by atoms with Crippen LogP contribution in [0.25, 0.3) is 11.4 Å². The first-order chi connectivity index (χ1) is 16.5. The SMILES string of the molecule is CCOc1ccc(-c2n[nH]c(=S)n2CC(=O)Nc2nc(C34CC5CC(CC(C5)C3)C4)cs2)cc1. The zero-order valence-electron chi connectivity index (χ0n) is 19.3. The van der Waals surface area contributed by atoms with E-state index in [-0.39, 0.29) is 17.9 Å². The van der Waals surface area contributed by atoms with Crippen LogP contribution in [-0.2, 0) is 16.8 Å². The predicted octanol–water partition coefficient (Wildman–Crippen LogP) is 5.57. The van der Waals surface area contributed by atoms with Gasteiger partial charge in [0.1, 0.15) is 12.3 Å². The first-order valence-corrected chi connectivity index (χ1v) is 13.4. The number of nitrogens with one attached hydrogen (secondary N) is 2. The van der Waals surface area contributed by atoms with Gasteiger partial charge in [-0.3, -0.25) is 14.5 Å². The lowest BCUT2D eigenvalue weighted by atomic mass is 9.49. The van der Waals surface area contributed by atoms with Gasteiger partial charge in [0.25, 0.3) is 0 Å². The highest BCUT2D eigenvalue weighted by Crippen LogP contribution is 2.60. The zero-order valence-corrected chi connectivity index (χ0v) is 20.9. The molecule has 4 saturated carbocycles. The first-order valence-electron chi connectivity index (χ1n) is 12.2. The van der Waals surface area contributed by atoms with Gasteiger partial charge in [-0.15, -0.1) is 11.3 Å². The van der Waals surface area contributed by atoms with Crippen LogP contribution < -0.4 is 10.1 Å². The monoisotopic (exact) mass is 495 g/mol. The highest BCUT2D eigenvalue weighted by atomic mass is 32.1. The molecule has 0 spiro atoms. The number of aromatic amines is 1. The highest BCUT2D eigenvalue weighted by molar-refractivity contribution is 7.71. The van der Waals surface area contributed by atoms with Gasteiger partial charge in [0.2, 0.25) is 5.91 Å². The Kier molecular flexibility index (Phi) is 5.56. The number of H-pyrrole nitrogens is 1. The van der Waals surface area contributed by atoms with Crippen molar-refractivity contribution >= 4 is 34.6 Å². The van der Waals surface area contributed by atoms with Gasteiger partial charge in [0, 0.05) is 16.4 Å². The van der Waals surface area contributed by atoms with Gasteiger partial charge in [0.15, 0.2) is 15.7 Å². The predicted molar refractivity (Wildman–Crippen MR) is 135 cm³/mol. The molecule has 0 atom stereocenters. The zero-order chi connectivity index (χ0) is 23.3. The van der Waals surface area contributed by atoms with Crippen LogP contribution in [0.15, 0.2) is 29.6 Å². The van der Waals surface area contributed by atoms with E-state index in [0.29, 0.717) is 22.3 Å². The average molecular weight is 496 g/mol. The summed E-state index contributed by atoms with van der Waals surface area (Å²) >= 11 is 6.94.